The molecule has 0 aromatic rings. The first-order valence-corrected chi connectivity index (χ1v) is 3.22. The van der Waals surface area contributed by atoms with Gasteiger partial charge in [0.1, 0.15) is 6.17 Å². The molecule has 0 aliphatic carbocycles. The van der Waals surface area contributed by atoms with Gasteiger partial charge < -0.3 is 0 Å². The Morgan fingerprint density at radius 1 is 1.45 bits per heavy atom. The molecule has 0 saturated carbocycles. The lowest BCUT2D eigenvalue weighted by molar-refractivity contribution is -0.0340. The van der Waals surface area contributed by atoms with Gasteiger partial charge in [-0.3, -0.25) is 4.39 Å². The number of halogens is 4. The minimum atomic E-state index is -3.25. The van der Waals surface area contributed by atoms with Crippen molar-refractivity contribution in [1.82, 2.24) is 0 Å². The van der Waals surface area contributed by atoms with E-state index in [4.69, 9.17) is 0 Å². The smallest absolute Gasteiger partial charge is 0.251 e. The molecule has 0 saturated heterocycles. The Morgan fingerprint density at radius 3 is 2.36 bits per heavy atom. The monoisotopic (exact) mass is 170 g/mol. The predicted molar refractivity (Wildman–Crippen MR) is 35.2 cm³/mol. The van der Waals surface area contributed by atoms with Crippen molar-refractivity contribution in [3.8, 4) is 0 Å². The molecule has 0 rings (SSSR count). The van der Waals surface area contributed by atoms with Crippen molar-refractivity contribution in [2.45, 2.75) is 24.9 Å². The van der Waals surface area contributed by atoms with Crippen molar-refractivity contribution in [3.63, 3.8) is 0 Å². The highest BCUT2D eigenvalue weighted by Crippen LogP contribution is 2.25. The largest absolute Gasteiger partial charge is 0.253 e. The van der Waals surface area contributed by atoms with E-state index in [1.54, 1.807) is 0 Å². The molecule has 0 nitrogen and oxygen atoms in total. The van der Waals surface area contributed by atoms with E-state index in [0.29, 0.717) is 0 Å². The Balaban J connectivity index is 3.79. The SMILES string of the molecule is C=CC(F)CC(F)(F)CCF. The van der Waals surface area contributed by atoms with E-state index >= 15 is 0 Å². The quantitative estimate of drug-likeness (QED) is 0.439. The van der Waals surface area contributed by atoms with Crippen LogP contribution in [0.4, 0.5) is 17.6 Å². The maximum atomic E-state index is 12.3. The molecule has 0 fully saturated rings. The first kappa shape index (κ1) is 10.5. The van der Waals surface area contributed by atoms with Crippen molar-refractivity contribution >= 4 is 0 Å². The predicted octanol–water partition coefficient (Wildman–Crippen LogP) is 2.90. The van der Waals surface area contributed by atoms with Crippen LogP contribution < -0.4 is 0 Å². The second-order valence-corrected chi connectivity index (χ2v) is 2.25. The molecular formula is C7H10F4. The summed E-state index contributed by atoms with van der Waals surface area (Å²) in [6, 6.07) is 0. The van der Waals surface area contributed by atoms with Gasteiger partial charge in [-0.1, -0.05) is 6.08 Å². The first-order chi connectivity index (χ1) is 5.02. The lowest BCUT2D eigenvalue weighted by Gasteiger charge is -2.14. The van der Waals surface area contributed by atoms with Crippen LogP contribution in [-0.2, 0) is 0 Å². The maximum Gasteiger partial charge on any atom is 0.253 e. The van der Waals surface area contributed by atoms with Crippen molar-refractivity contribution in [2.24, 2.45) is 0 Å². The van der Waals surface area contributed by atoms with Gasteiger partial charge in [-0.15, -0.1) is 6.58 Å². The molecule has 1 atom stereocenters. The first-order valence-electron chi connectivity index (χ1n) is 3.22. The molecule has 0 heterocycles. The Morgan fingerprint density at radius 2 is 2.00 bits per heavy atom. The van der Waals surface area contributed by atoms with E-state index in [1.807, 2.05) is 0 Å². The number of rotatable bonds is 5. The van der Waals surface area contributed by atoms with E-state index in [-0.39, 0.29) is 0 Å². The van der Waals surface area contributed by atoms with Gasteiger partial charge in [-0.05, 0) is 0 Å². The molecule has 0 aliphatic heterocycles. The Hall–Kier alpha value is -0.540. The maximum absolute atomic E-state index is 12.3. The summed E-state index contributed by atoms with van der Waals surface area (Å²) in [6.07, 6.45) is -2.86. The number of alkyl halides is 4. The van der Waals surface area contributed by atoms with Crippen LogP contribution in [0.15, 0.2) is 12.7 Å². The summed E-state index contributed by atoms with van der Waals surface area (Å²) in [5.41, 5.74) is 0. The average Bonchev–Trinajstić information content (AvgIpc) is 1.86. The van der Waals surface area contributed by atoms with E-state index in [2.05, 4.69) is 6.58 Å². The van der Waals surface area contributed by atoms with E-state index < -0.39 is 31.6 Å². The normalized spacial score (nSPS) is 14.5. The fourth-order valence-electron chi connectivity index (χ4n) is 0.609. The third-order valence-corrected chi connectivity index (χ3v) is 1.21. The highest BCUT2D eigenvalue weighted by atomic mass is 19.3. The van der Waals surface area contributed by atoms with Crippen LogP contribution in [-0.4, -0.2) is 18.8 Å². The molecule has 66 valence electrons. The number of allylic oxidation sites excluding steroid dienone is 1. The summed E-state index contributed by atoms with van der Waals surface area (Å²) in [4.78, 5) is 0. The fourth-order valence-corrected chi connectivity index (χ4v) is 0.609. The van der Waals surface area contributed by atoms with Gasteiger partial charge in [-0.2, -0.15) is 0 Å². The van der Waals surface area contributed by atoms with Crippen molar-refractivity contribution in [1.29, 1.82) is 0 Å². The standard InChI is InChI=1S/C7H10F4/c1-2-6(9)5-7(10,11)3-4-8/h2,6H,1,3-5H2. The summed E-state index contributed by atoms with van der Waals surface area (Å²) >= 11 is 0. The summed E-state index contributed by atoms with van der Waals surface area (Å²) in [7, 11) is 0. The third kappa shape index (κ3) is 4.81. The molecular weight excluding hydrogens is 160 g/mol. The minimum Gasteiger partial charge on any atom is -0.251 e. The highest BCUT2D eigenvalue weighted by Gasteiger charge is 2.31. The molecule has 0 amide bonds. The third-order valence-electron chi connectivity index (χ3n) is 1.21. The summed E-state index contributed by atoms with van der Waals surface area (Å²) < 4.78 is 48.3. The van der Waals surface area contributed by atoms with Crippen LogP contribution in [0.5, 0.6) is 0 Å². The second kappa shape index (κ2) is 4.36. The van der Waals surface area contributed by atoms with E-state index in [1.165, 1.54) is 0 Å². The molecule has 0 aromatic heterocycles. The Bertz CT molecular complexity index is 122. The fraction of sp³-hybridized carbons (Fsp3) is 0.714. The zero-order chi connectivity index (χ0) is 8.91. The van der Waals surface area contributed by atoms with Crippen molar-refractivity contribution < 1.29 is 17.6 Å². The van der Waals surface area contributed by atoms with Gasteiger partial charge in [0.25, 0.3) is 5.92 Å². The van der Waals surface area contributed by atoms with Crippen LogP contribution in [0.1, 0.15) is 12.8 Å². The minimum absolute atomic E-state index is 0.784. The molecule has 0 radical (unpaired) electrons. The van der Waals surface area contributed by atoms with E-state index in [0.717, 1.165) is 6.08 Å². The van der Waals surface area contributed by atoms with Crippen molar-refractivity contribution in [3.05, 3.63) is 12.7 Å². The molecule has 0 aliphatic rings. The molecule has 1 unspecified atom stereocenters. The van der Waals surface area contributed by atoms with Crippen LogP contribution in [0, 0.1) is 0 Å². The highest BCUT2D eigenvalue weighted by molar-refractivity contribution is 4.83. The Labute approximate surface area is 62.9 Å². The molecule has 11 heavy (non-hydrogen) atoms. The van der Waals surface area contributed by atoms with E-state index in [9.17, 15) is 17.6 Å². The van der Waals surface area contributed by atoms with Crippen LogP contribution in [0.2, 0.25) is 0 Å². The van der Waals surface area contributed by atoms with Gasteiger partial charge >= 0.3 is 0 Å². The molecule has 0 spiro atoms. The lowest BCUT2D eigenvalue weighted by atomic mass is 10.1. The lowest BCUT2D eigenvalue weighted by Crippen LogP contribution is -2.21. The molecule has 4 heteroatoms. The van der Waals surface area contributed by atoms with Crippen LogP contribution in [0.25, 0.3) is 0 Å². The van der Waals surface area contributed by atoms with Gasteiger partial charge in [0, 0.05) is 12.8 Å². The molecule has 0 bridgehead atoms. The zero-order valence-corrected chi connectivity index (χ0v) is 5.99. The average molecular weight is 170 g/mol. The number of hydrogen-bond donors (Lipinski definition) is 0. The van der Waals surface area contributed by atoms with Gasteiger partial charge in [0.05, 0.1) is 6.67 Å². The summed E-state index contributed by atoms with van der Waals surface area (Å²) in [5, 5.41) is 0. The second-order valence-electron chi connectivity index (χ2n) is 2.25. The van der Waals surface area contributed by atoms with Crippen LogP contribution in [0.3, 0.4) is 0 Å². The molecule has 0 N–H and O–H groups in total. The number of hydrogen-bond acceptors (Lipinski definition) is 0. The Kier molecular flexibility index (Phi) is 4.15. The summed E-state index contributed by atoms with van der Waals surface area (Å²) in [6.45, 7) is 1.87. The van der Waals surface area contributed by atoms with Crippen molar-refractivity contribution in [2.75, 3.05) is 6.67 Å². The van der Waals surface area contributed by atoms with Gasteiger partial charge in [0.15, 0.2) is 0 Å². The molecule has 0 aromatic carbocycles. The summed E-state index contributed by atoms with van der Waals surface area (Å²) in [5.74, 6) is -3.25. The zero-order valence-electron chi connectivity index (χ0n) is 5.99. The van der Waals surface area contributed by atoms with Gasteiger partial charge in [-0.25, -0.2) is 13.2 Å². The van der Waals surface area contributed by atoms with Gasteiger partial charge in [0.2, 0.25) is 0 Å². The topological polar surface area (TPSA) is 0 Å². The van der Waals surface area contributed by atoms with Crippen LogP contribution >= 0.6 is 0 Å².